The Kier molecular flexibility index (Phi) is 4.66. The average Bonchev–Trinajstić information content (AvgIpc) is 2.74. The number of carbonyl (C=O) groups is 1. The van der Waals surface area contributed by atoms with E-state index in [0.717, 1.165) is 12.2 Å². The van der Waals surface area contributed by atoms with Gasteiger partial charge < -0.3 is 0 Å². The third-order valence-corrected chi connectivity index (χ3v) is 4.73. The zero-order valence-corrected chi connectivity index (χ0v) is 12.6. The van der Waals surface area contributed by atoms with Gasteiger partial charge in [0.15, 0.2) is 5.60 Å². The van der Waals surface area contributed by atoms with E-state index < -0.39 is 5.60 Å². The van der Waals surface area contributed by atoms with Crippen LogP contribution in [0.1, 0.15) is 38.3 Å². The number of carbonyl (C=O) groups excluding carboxylic acids is 1. The van der Waals surface area contributed by atoms with Crippen LogP contribution in [-0.4, -0.2) is 28.6 Å². The molecule has 0 radical (unpaired) electrons. The van der Waals surface area contributed by atoms with Gasteiger partial charge >= 0.3 is 0 Å². The molecule has 3 nitrogen and oxygen atoms in total. The van der Waals surface area contributed by atoms with Gasteiger partial charge in [0.1, 0.15) is 0 Å². The molecule has 0 unspecified atom stereocenters. The largest absolute Gasteiger partial charge is 0.284 e. The molecule has 1 saturated heterocycles. The minimum Gasteiger partial charge on any atom is -0.284 e. The summed E-state index contributed by atoms with van der Waals surface area (Å²) in [5.74, 6) is 0.859. The Hall–Kier alpha value is -0.840. The summed E-state index contributed by atoms with van der Waals surface area (Å²) in [6.45, 7) is 3.98. The second kappa shape index (κ2) is 6.07. The van der Waals surface area contributed by atoms with Crippen LogP contribution in [0.25, 0.3) is 0 Å². The van der Waals surface area contributed by atoms with Gasteiger partial charge in [0, 0.05) is 19.2 Å². The minimum atomic E-state index is -0.699. The summed E-state index contributed by atoms with van der Waals surface area (Å²) < 4.78 is 0. The van der Waals surface area contributed by atoms with Gasteiger partial charge in [0.05, 0.1) is 6.04 Å². The summed E-state index contributed by atoms with van der Waals surface area (Å²) in [4.78, 5) is 18.1. The maximum Gasteiger partial charge on any atom is 0.222 e. The van der Waals surface area contributed by atoms with Crippen molar-refractivity contribution in [2.24, 2.45) is 0 Å². The Morgan fingerprint density at radius 2 is 2.16 bits per heavy atom. The highest BCUT2D eigenvalue weighted by atomic mass is 32.2. The van der Waals surface area contributed by atoms with E-state index >= 15 is 0 Å². The van der Waals surface area contributed by atoms with Gasteiger partial charge in [-0.25, -0.2) is 0 Å². The van der Waals surface area contributed by atoms with Crippen molar-refractivity contribution in [2.45, 2.75) is 38.3 Å². The van der Waals surface area contributed by atoms with Crippen LogP contribution in [0, 0.1) is 0 Å². The Balaban J connectivity index is 2.10. The molecule has 0 N–H and O–H groups in total. The fourth-order valence-electron chi connectivity index (χ4n) is 2.39. The quantitative estimate of drug-likeness (QED) is 0.844. The monoisotopic (exact) mass is 279 g/mol. The van der Waals surface area contributed by atoms with Gasteiger partial charge in [0.2, 0.25) is 5.12 Å². The predicted octanol–water partition coefficient (Wildman–Crippen LogP) is 3.42. The third-order valence-electron chi connectivity index (χ3n) is 3.42. The van der Waals surface area contributed by atoms with E-state index in [0.29, 0.717) is 6.42 Å². The first-order chi connectivity index (χ1) is 9.07. The smallest absolute Gasteiger partial charge is 0.222 e. The average molecular weight is 279 g/mol. The van der Waals surface area contributed by atoms with Crippen LogP contribution in [-0.2, 0) is 9.63 Å². The van der Waals surface area contributed by atoms with Crippen LogP contribution in [0.15, 0.2) is 30.3 Å². The lowest BCUT2D eigenvalue weighted by Crippen LogP contribution is -2.34. The van der Waals surface area contributed by atoms with Crippen molar-refractivity contribution in [3.05, 3.63) is 35.9 Å². The summed E-state index contributed by atoms with van der Waals surface area (Å²) in [5.41, 5.74) is 0.497. The van der Waals surface area contributed by atoms with E-state index in [1.54, 1.807) is 0 Å². The molecular formula is C15H21NO2S. The molecule has 2 atom stereocenters. The lowest BCUT2D eigenvalue weighted by molar-refractivity contribution is -0.184. The second-order valence-corrected chi connectivity index (χ2v) is 6.20. The van der Waals surface area contributed by atoms with Crippen LogP contribution >= 0.6 is 11.8 Å². The van der Waals surface area contributed by atoms with Crippen LogP contribution in [0.2, 0.25) is 0 Å². The molecule has 2 rings (SSSR count). The summed E-state index contributed by atoms with van der Waals surface area (Å²) >= 11 is 1.38. The molecule has 19 heavy (non-hydrogen) atoms. The normalized spacial score (nSPS) is 27.6. The fourth-order valence-corrected chi connectivity index (χ4v) is 3.20. The van der Waals surface area contributed by atoms with Gasteiger partial charge in [0.25, 0.3) is 0 Å². The maximum absolute atomic E-state index is 12.3. The molecule has 0 amide bonds. The molecule has 1 aliphatic rings. The van der Waals surface area contributed by atoms with Crippen molar-refractivity contribution in [1.82, 2.24) is 5.06 Å². The summed E-state index contributed by atoms with van der Waals surface area (Å²) in [6, 6.07) is 10.4. The van der Waals surface area contributed by atoms with Crippen LogP contribution in [0.4, 0.5) is 0 Å². The molecule has 4 heteroatoms. The maximum atomic E-state index is 12.3. The van der Waals surface area contributed by atoms with Gasteiger partial charge in [-0.15, -0.1) is 0 Å². The lowest BCUT2D eigenvalue weighted by atomic mass is 9.95. The van der Waals surface area contributed by atoms with Crippen LogP contribution < -0.4 is 0 Å². The van der Waals surface area contributed by atoms with Gasteiger partial charge in [-0.1, -0.05) is 49.0 Å². The van der Waals surface area contributed by atoms with Gasteiger partial charge in [-0.05, 0) is 18.9 Å². The van der Waals surface area contributed by atoms with E-state index in [-0.39, 0.29) is 11.2 Å². The molecule has 1 fully saturated rings. The van der Waals surface area contributed by atoms with Crippen LogP contribution in [0.3, 0.4) is 0 Å². The third kappa shape index (κ3) is 3.19. The number of rotatable bonds is 4. The molecule has 1 aromatic carbocycles. The highest BCUT2D eigenvalue weighted by molar-refractivity contribution is 8.13. The van der Waals surface area contributed by atoms with Crippen molar-refractivity contribution in [3.63, 3.8) is 0 Å². The molecule has 1 aromatic rings. The summed E-state index contributed by atoms with van der Waals surface area (Å²) in [5, 5.41) is 1.96. The molecule has 1 aliphatic heterocycles. The summed E-state index contributed by atoms with van der Waals surface area (Å²) in [6.07, 6.45) is 1.72. The standard InChI is InChI=1S/C15H21NO2S/c1-4-10-19-14(17)15(2)11-13(16(3)18-15)12-8-6-5-7-9-12/h5-9,13H,4,10-11H2,1-3H3/t13-,15-/m1/s1. The van der Waals surface area contributed by atoms with E-state index in [9.17, 15) is 4.79 Å². The molecule has 0 aromatic heterocycles. The number of nitrogens with zero attached hydrogens (tertiary/aromatic N) is 1. The molecule has 104 valence electrons. The zero-order chi connectivity index (χ0) is 13.9. The predicted molar refractivity (Wildman–Crippen MR) is 78.8 cm³/mol. The van der Waals surface area contributed by atoms with E-state index in [4.69, 9.17) is 4.84 Å². The lowest BCUT2D eigenvalue weighted by Gasteiger charge is -2.21. The van der Waals surface area contributed by atoms with Crippen molar-refractivity contribution < 1.29 is 9.63 Å². The van der Waals surface area contributed by atoms with Crippen molar-refractivity contribution in [1.29, 1.82) is 0 Å². The number of hydrogen-bond acceptors (Lipinski definition) is 4. The van der Waals surface area contributed by atoms with Gasteiger partial charge in [-0.2, -0.15) is 5.06 Å². The number of thioether (sulfide) groups is 1. The van der Waals surface area contributed by atoms with E-state index in [1.807, 2.05) is 37.2 Å². The van der Waals surface area contributed by atoms with Crippen molar-refractivity contribution in [3.8, 4) is 0 Å². The summed E-state index contributed by atoms with van der Waals surface area (Å²) in [7, 11) is 1.90. The number of benzene rings is 1. The Morgan fingerprint density at radius 3 is 2.79 bits per heavy atom. The second-order valence-electron chi connectivity index (χ2n) is 5.13. The Labute approximate surface area is 119 Å². The van der Waals surface area contributed by atoms with E-state index in [2.05, 4.69) is 19.1 Å². The fraction of sp³-hybridized carbons (Fsp3) is 0.533. The highest BCUT2D eigenvalue weighted by Crippen LogP contribution is 2.41. The molecule has 0 saturated carbocycles. The number of hydrogen-bond donors (Lipinski definition) is 0. The minimum absolute atomic E-state index is 0.139. The first-order valence-corrected chi connectivity index (χ1v) is 7.69. The topological polar surface area (TPSA) is 29.5 Å². The Bertz CT molecular complexity index is 437. The highest BCUT2D eigenvalue weighted by Gasteiger charge is 2.46. The first-order valence-electron chi connectivity index (χ1n) is 6.71. The van der Waals surface area contributed by atoms with Crippen molar-refractivity contribution in [2.75, 3.05) is 12.8 Å². The first kappa shape index (κ1) is 14.6. The Morgan fingerprint density at radius 1 is 1.47 bits per heavy atom. The molecule has 0 aliphatic carbocycles. The van der Waals surface area contributed by atoms with Gasteiger partial charge in [-0.3, -0.25) is 9.63 Å². The molecule has 0 bridgehead atoms. The van der Waals surface area contributed by atoms with Crippen molar-refractivity contribution >= 4 is 16.9 Å². The molecular weight excluding hydrogens is 258 g/mol. The molecule has 1 heterocycles. The SMILES string of the molecule is CCCSC(=O)[C@@]1(C)C[C@H](c2ccccc2)N(C)O1. The molecule has 0 spiro atoms. The van der Waals surface area contributed by atoms with E-state index in [1.165, 1.54) is 17.3 Å². The number of hydroxylamine groups is 2. The van der Waals surface area contributed by atoms with Crippen LogP contribution in [0.5, 0.6) is 0 Å². The zero-order valence-electron chi connectivity index (χ0n) is 11.8.